The highest BCUT2D eigenvalue weighted by Gasteiger charge is 2.05. The Bertz CT molecular complexity index is 475. The molecule has 0 heterocycles. The minimum Gasteiger partial charge on any atom is -0.462 e. The summed E-state index contributed by atoms with van der Waals surface area (Å²) in [6.45, 7) is 7.64. The molecule has 0 saturated carbocycles. The maximum atomic E-state index is 11.5. The van der Waals surface area contributed by atoms with Crippen LogP contribution in [-0.2, 0) is 9.47 Å². The molecule has 1 aromatic carbocycles. The number of carbonyl (C=O) groups is 1. The second-order valence-corrected chi connectivity index (χ2v) is 5.36. The Balaban J connectivity index is 2.31. The molecule has 2 N–H and O–H groups in total. The summed E-state index contributed by atoms with van der Waals surface area (Å²) in [5, 5.41) is 6.73. The highest BCUT2D eigenvalue weighted by molar-refractivity contribution is 7.80. The highest BCUT2D eigenvalue weighted by atomic mass is 32.1. The normalized spacial score (nSPS) is 10.4. The van der Waals surface area contributed by atoms with Crippen LogP contribution in [0.1, 0.15) is 37.6 Å². The van der Waals surface area contributed by atoms with Crippen LogP contribution in [0.25, 0.3) is 0 Å². The molecule has 0 unspecified atom stereocenters. The Kier molecular flexibility index (Phi) is 8.47. The summed E-state index contributed by atoms with van der Waals surface area (Å²) in [4.78, 5) is 11.5. The largest absolute Gasteiger partial charge is 0.462 e. The van der Waals surface area contributed by atoms with E-state index >= 15 is 0 Å². The number of hydrogen-bond donors (Lipinski definition) is 2. The molecule has 0 aromatic heterocycles. The van der Waals surface area contributed by atoms with Crippen molar-refractivity contribution in [3.05, 3.63) is 29.8 Å². The summed E-state index contributed by atoms with van der Waals surface area (Å²) >= 11 is 5.21. The number of carbonyl (C=O) groups excluding carboxylic acids is 1. The van der Waals surface area contributed by atoms with Crippen molar-refractivity contribution < 1.29 is 14.3 Å². The van der Waals surface area contributed by atoms with Crippen molar-refractivity contribution in [1.82, 2.24) is 5.32 Å². The van der Waals surface area contributed by atoms with Crippen molar-refractivity contribution in [2.24, 2.45) is 0 Å². The molecule has 0 aliphatic rings. The van der Waals surface area contributed by atoms with E-state index in [4.69, 9.17) is 21.7 Å². The predicted molar refractivity (Wildman–Crippen MR) is 92.3 cm³/mol. The van der Waals surface area contributed by atoms with Crippen molar-refractivity contribution >= 4 is 29.0 Å². The van der Waals surface area contributed by atoms with Gasteiger partial charge < -0.3 is 20.1 Å². The second-order valence-electron chi connectivity index (χ2n) is 4.95. The van der Waals surface area contributed by atoms with Crippen molar-refractivity contribution in [1.29, 1.82) is 0 Å². The zero-order valence-electron chi connectivity index (χ0n) is 13.3. The zero-order valence-corrected chi connectivity index (χ0v) is 14.2. The lowest BCUT2D eigenvalue weighted by Crippen LogP contribution is -2.30. The van der Waals surface area contributed by atoms with E-state index in [1.165, 1.54) is 0 Å². The number of rotatable bonds is 8. The Hall–Kier alpha value is -1.66. The van der Waals surface area contributed by atoms with Crippen LogP contribution in [0.4, 0.5) is 5.69 Å². The lowest BCUT2D eigenvalue weighted by Gasteiger charge is -2.12. The third-order valence-corrected chi connectivity index (χ3v) is 2.96. The molecule has 122 valence electrons. The summed E-state index contributed by atoms with van der Waals surface area (Å²) in [5.41, 5.74) is 1.35. The molecule has 0 amide bonds. The van der Waals surface area contributed by atoms with Gasteiger partial charge >= 0.3 is 5.97 Å². The predicted octanol–water partition coefficient (Wildman–Crippen LogP) is 2.96. The van der Waals surface area contributed by atoms with Crippen LogP contribution >= 0.6 is 12.2 Å². The minimum atomic E-state index is -0.320. The van der Waals surface area contributed by atoms with Gasteiger partial charge in [-0.25, -0.2) is 4.79 Å². The van der Waals surface area contributed by atoms with Gasteiger partial charge in [0.15, 0.2) is 5.11 Å². The molecule has 0 aliphatic heterocycles. The number of ether oxygens (including phenoxy) is 2. The Morgan fingerprint density at radius 3 is 2.55 bits per heavy atom. The Labute approximate surface area is 137 Å². The molecule has 0 radical (unpaired) electrons. The van der Waals surface area contributed by atoms with Crippen molar-refractivity contribution in [3.8, 4) is 0 Å². The van der Waals surface area contributed by atoms with Crippen LogP contribution in [0.15, 0.2) is 24.3 Å². The van der Waals surface area contributed by atoms with Crippen molar-refractivity contribution in [2.45, 2.75) is 33.3 Å². The first-order chi connectivity index (χ1) is 10.5. The molecule has 0 aliphatic carbocycles. The summed E-state index contributed by atoms with van der Waals surface area (Å²) < 4.78 is 10.4. The molecule has 0 saturated heterocycles. The number of hydrogen-bond acceptors (Lipinski definition) is 4. The highest BCUT2D eigenvalue weighted by Crippen LogP contribution is 2.10. The maximum Gasteiger partial charge on any atom is 0.338 e. The molecule has 1 rings (SSSR count). The fourth-order valence-corrected chi connectivity index (χ4v) is 1.89. The first-order valence-corrected chi connectivity index (χ1v) is 7.87. The fraction of sp³-hybridized carbons (Fsp3) is 0.500. The van der Waals surface area contributed by atoms with E-state index in [-0.39, 0.29) is 12.1 Å². The molecule has 0 bridgehead atoms. The van der Waals surface area contributed by atoms with Gasteiger partial charge in [0.25, 0.3) is 0 Å². The van der Waals surface area contributed by atoms with E-state index in [1.807, 2.05) is 13.8 Å². The minimum absolute atomic E-state index is 0.253. The van der Waals surface area contributed by atoms with Crippen LogP contribution in [0.2, 0.25) is 0 Å². The van der Waals surface area contributed by atoms with Gasteiger partial charge in [0.2, 0.25) is 0 Å². The molecule has 1 aromatic rings. The summed E-state index contributed by atoms with van der Waals surface area (Å²) in [7, 11) is 0. The number of nitrogens with one attached hydrogen (secondary N) is 2. The van der Waals surface area contributed by atoms with E-state index in [2.05, 4.69) is 10.6 Å². The van der Waals surface area contributed by atoms with Gasteiger partial charge in [-0.15, -0.1) is 0 Å². The van der Waals surface area contributed by atoms with Gasteiger partial charge in [-0.3, -0.25) is 0 Å². The standard InChI is InChI=1S/C16H24N2O3S/c1-4-20-15(19)13-6-8-14(9-7-13)18-16(22)17-10-5-11-21-12(2)3/h6-9,12H,4-5,10-11H2,1-3H3,(H2,17,18,22). The van der Waals surface area contributed by atoms with Crippen LogP contribution in [0, 0.1) is 0 Å². The van der Waals surface area contributed by atoms with Gasteiger partial charge in [0.05, 0.1) is 18.3 Å². The van der Waals surface area contributed by atoms with Gasteiger partial charge in [-0.2, -0.15) is 0 Å². The molecule has 0 fully saturated rings. The smallest absolute Gasteiger partial charge is 0.338 e. The average molecular weight is 324 g/mol. The third kappa shape index (κ3) is 7.38. The SMILES string of the molecule is CCOC(=O)c1ccc(NC(=S)NCCCOC(C)C)cc1. The first-order valence-electron chi connectivity index (χ1n) is 7.46. The third-order valence-electron chi connectivity index (χ3n) is 2.71. The van der Waals surface area contributed by atoms with Crippen LogP contribution in [0.5, 0.6) is 0 Å². The molecule has 5 nitrogen and oxygen atoms in total. The number of thiocarbonyl (C=S) groups is 1. The van der Waals surface area contributed by atoms with Crippen LogP contribution < -0.4 is 10.6 Å². The van der Waals surface area contributed by atoms with E-state index in [1.54, 1.807) is 31.2 Å². The van der Waals surface area contributed by atoms with E-state index in [0.29, 0.717) is 23.9 Å². The van der Waals surface area contributed by atoms with E-state index in [0.717, 1.165) is 18.7 Å². The number of anilines is 1. The lowest BCUT2D eigenvalue weighted by molar-refractivity contribution is 0.0526. The van der Waals surface area contributed by atoms with E-state index in [9.17, 15) is 4.79 Å². The van der Waals surface area contributed by atoms with Gasteiger partial charge in [-0.05, 0) is 63.7 Å². The van der Waals surface area contributed by atoms with E-state index < -0.39 is 0 Å². The maximum absolute atomic E-state index is 11.5. The van der Waals surface area contributed by atoms with Crippen molar-refractivity contribution in [3.63, 3.8) is 0 Å². The van der Waals surface area contributed by atoms with Crippen LogP contribution in [0.3, 0.4) is 0 Å². The molecular formula is C16H24N2O3S. The monoisotopic (exact) mass is 324 g/mol. The van der Waals surface area contributed by atoms with Crippen molar-refractivity contribution in [2.75, 3.05) is 25.1 Å². The Morgan fingerprint density at radius 2 is 1.95 bits per heavy atom. The molecule has 0 spiro atoms. The van der Waals surface area contributed by atoms with Gasteiger partial charge in [-0.1, -0.05) is 0 Å². The molecule has 0 atom stereocenters. The van der Waals surface area contributed by atoms with Gasteiger partial charge in [0.1, 0.15) is 0 Å². The Morgan fingerprint density at radius 1 is 1.27 bits per heavy atom. The molecule has 6 heteroatoms. The second kappa shape index (κ2) is 10.1. The number of benzene rings is 1. The van der Waals surface area contributed by atoms with Crippen LogP contribution in [-0.4, -0.2) is 36.9 Å². The average Bonchev–Trinajstić information content (AvgIpc) is 2.47. The first kappa shape index (κ1) is 18.4. The summed E-state index contributed by atoms with van der Waals surface area (Å²) in [6.07, 6.45) is 1.14. The topological polar surface area (TPSA) is 59.6 Å². The summed E-state index contributed by atoms with van der Waals surface area (Å²) in [5.74, 6) is -0.320. The number of esters is 1. The fourth-order valence-electron chi connectivity index (χ4n) is 1.67. The molecular weight excluding hydrogens is 300 g/mol. The summed E-state index contributed by atoms with van der Waals surface area (Å²) in [6, 6.07) is 7.00. The lowest BCUT2D eigenvalue weighted by atomic mass is 10.2. The quantitative estimate of drug-likeness (QED) is 0.435. The van der Waals surface area contributed by atoms with Gasteiger partial charge in [0, 0.05) is 18.8 Å². The zero-order chi connectivity index (χ0) is 16.4. The molecule has 22 heavy (non-hydrogen) atoms.